The molecule has 4 heteroatoms. The van der Waals surface area contributed by atoms with Gasteiger partial charge >= 0.3 is 0 Å². The first-order chi connectivity index (χ1) is 9.77. The van der Waals surface area contributed by atoms with Crippen molar-refractivity contribution in [2.75, 3.05) is 6.61 Å². The number of nitrogens with one attached hydrogen (secondary N) is 1. The van der Waals surface area contributed by atoms with E-state index < -0.39 is 0 Å². The zero-order valence-electron chi connectivity index (χ0n) is 13.5. The Morgan fingerprint density at radius 1 is 1.29 bits per heavy atom. The van der Waals surface area contributed by atoms with Crippen LogP contribution in [-0.2, 0) is 4.79 Å². The second kappa shape index (κ2) is 7.57. The molecule has 0 aliphatic rings. The summed E-state index contributed by atoms with van der Waals surface area (Å²) in [5.41, 5.74) is 7.04. The van der Waals surface area contributed by atoms with Crippen LogP contribution in [0.5, 0.6) is 0 Å². The summed E-state index contributed by atoms with van der Waals surface area (Å²) in [6.45, 7) is 8.05. The predicted octanol–water partition coefficient (Wildman–Crippen LogP) is 2.24. The van der Waals surface area contributed by atoms with Crippen LogP contribution < -0.4 is 11.1 Å². The first-order valence-electron chi connectivity index (χ1n) is 7.49. The zero-order valence-corrected chi connectivity index (χ0v) is 13.5. The molecule has 1 amide bonds. The van der Waals surface area contributed by atoms with Gasteiger partial charge in [-0.15, -0.1) is 0 Å². The quantitative estimate of drug-likeness (QED) is 0.752. The summed E-state index contributed by atoms with van der Waals surface area (Å²) >= 11 is 0. The summed E-state index contributed by atoms with van der Waals surface area (Å²) in [4.78, 5) is 12.4. The van der Waals surface area contributed by atoms with E-state index in [9.17, 15) is 4.79 Å². The first-order valence-corrected chi connectivity index (χ1v) is 7.49. The molecular weight excluding hydrogens is 264 g/mol. The van der Waals surface area contributed by atoms with E-state index in [4.69, 9.17) is 10.8 Å². The van der Waals surface area contributed by atoms with Crippen molar-refractivity contribution in [2.45, 2.75) is 46.2 Å². The fraction of sp³-hybridized carbons (Fsp3) is 0.588. The van der Waals surface area contributed by atoms with Crippen LogP contribution in [0.4, 0.5) is 0 Å². The number of carbonyl (C=O) groups excluding carboxylic acids is 1. The molecule has 0 aliphatic heterocycles. The van der Waals surface area contributed by atoms with Gasteiger partial charge in [0.05, 0.1) is 5.92 Å². The molecule has 21 heavy (non-hydrogen) atoms. The maximum Gasteiger partial charge on any atom is 0.224 e. The number of aliphatic hydroxyl groups is 1. The molecule has 0 bridgehead atoms. The number of nitrogens with two attached hydrogens (primary N) is 1. The Balaban J connectivity index is 2.73. The lowest BCUT2D eigenvalue weighted by atomic mass is 9.84. The van der Waals surface area contributed by atoms with Gasteiger partial charge < -0.3 is 16.2 Å². The van der Waals surface area contributed by atoms with E-state index in [0.717, 1.165) is 5.56 Å². The molecule has 0 saturated carbocycles. The zero-order chi connectivity index (χ0) is 16.0. The highest BCUT2D eigenvalue weighted by atomic mass is 16.3. The molecule has 0 aliphatic carbocycles. The molecule has 1 rings (SSSR count). The molecule has 4 N–H and O–H groups in total. The minimum absolute atomic E-state index is 0.0569. The van der Waals surface area contributed by atoms with E-state index in [1.807, 2.05) is 37.3 Å². The van der Waals surface area contributed by atoms with Crippen molar-refractivity contribution in [3.05, 3.63) is 35.9 Å². The van der Waals surface area contributed by atoms with Crippen LogP contribution in [0.25, 0.3) is 0 Å². The molecule has 0 aromatic heterocycles. The molecule has 0 fully saturated rings. The molecule has 1 aromatic rings. The molecule has 3 atom stereocenters. The highest BCUT2D eigenvalue weighted by Gasteiger charge is 2.29. The molecule has 0 spiro atoms. The normalized spacial score (nSPS) is 16.1. The van der Waals surface area contributed by atoms with Gasteiger partial charge in [0.1, 0.15) is 0 Å². The Kier molecular flexibility index (Phi) is 6.37. The van der Waals surface area contributed by atoms with E-state index in [0.29, 0.717) is 6.42 Å². The van der Waals surface area contributed by atoms with Crippen molar-refractivity contribution in [3.8, 4) is 0 Å². The third-order valence-corrected chi connectivity index (χ3v) is 3.92. The minimum Gasteiger partial charge on any atom is -0.396 e. The number of aliphatic hydroxyl groups excluding tert-OH is 1. The predicted molar refractivity (Wildman–Crippen MR) is 85.6 cm³/mol. The number of hydrogen-bond donors (Lipinski definition) is 3. The van der Waals surface area contributed by atoms with Crippen molar-refractivity contribution in [2.24, 2.45) is 17.1 Å². The second-order valence-corrected chi connectivity index (χ2v) is 6.66. The maximum atomic E-state index is 12.4. The van der Waals surface area contributed by atoms with Crippen molar-refractivity contribution < 1.29 is 9.90 Å². The van der Waals surface area contributed by atoms with Crippen LogP contribution >= 0.6 is 0 Å². The highest BCUT2D eigenvalue weighted by molar-refractivity contribution is 5.79. The van der Waals surface area contributed by atoms with Gasteiger partial charge in [0.2, 0.25) is 5.91 Å². The molecule has 0 heterocycles. The second-order valence-electron chi connectivity index (χ2n) is 6.66. The molecule has 0 saturated heterocycles. The third-order valence-electron chi connectivity index (χ3n) is 3.92. The maximum absolute atomic E-state index is 12.4. The van der Waals surface area contributed by atoms with Crippen LogP contribution in [0.3, 0.4) is 0 Å². The van der Waals surface area contributed by atoms with Gasteiger partial charge in [0.25, 0.3) is 0 Å². The number of benzene rings is 1. The molecule has 0 radical (unpaired) electrons. The topological polar surface area (TPSA) is 75.3 Å². The highest BCUT2D eigenvalue weighted by Crippen LogP contribution is 2.24. The van der Waals surface area contributed by atoms with Crippen molar-refractivity contribution in [1.29, 1.82) is 0 Å². The van der Waals surface area contributed by atoms with Crippen LogP contribution in [0.15, 0.2) is 30.3 Å². The Bertz CT molecular complexity index is 440. The van der Waals surface area contributed by atoms with E-state index >= 15 is 0 Å². The van der Waals surface area contributed by atoms with E-state index in [1.54, 1.807) is 0 Å². The first kappa shape index (κ1) is 17.7. The van der Waals surface area contributed by atoms with Gasteiger partial charge in [0.15, 0.2) is 0 Å². The number of amides is 1. The summed E-state index contributed by atoms with van der Waals surface area (Å²) < 4.78 is 0. The number of hydrogen-bond acceptors (Lipinski definition) is 3. The van der Waals surface area contributed by atoms with Crippen LogP contribution in [0, 0.1) is 11.3 Å². The van der Waals surface area contributed by atoms with Gasteiger partial charge in [-0.05, 0) is 17.4 Å². The lowest BCUT2D eigenvalue weighted by Gasteiger charge is -2.33. The smallest absolute Gasteiger partial charge is 0.224 e. The average Bonchev–Trinajstić information content (AvgIpc) is 2.45. The Labute approximate surface area is 127 Å². The van der Waals surface area contributed by atoms with Crippen LogP contribution in [0.2, 0.25) is 0 Å². The lowest BCUT2D eigenvalue weighted by Crippen LogP contribution is -2.47. The van der Waals surface area contributed by atoms with E-state index in [2.05, 4.69) is 26.1 Å². The molecule has 118 valence electrons. The lowest BCUT2D eigenvalue weighted by molar-refractivity contribution is -0.126. The molecule has 3 unspecified atom stereocenters. The summed E-state index contributed by atoms with van der Waals surface area (Å²) in [6, 6.07) is 9.24. The van der Waals surface area contributed by atoms with Gasteiger partial charge in [-0.3, -0.25) is 4.79 Å². The van der Waals surface area contributed by atoms with Gasteiger partial charge in [-0.2, -0.15) is 0 Å². The molecular formula is C17H28N2O2. The van der Waals surface area contributed by atoms with Crippen LogP contribution in [-0.4, -0.2) is 23.7 Å². The van der Waals surface area contributed by atoms with Crippen LogP contribution in [0.1, 0.15) is 45.7 Å². The summed E-state index contributed by atoms with van der Waals surface area (Å²) in [6.07, 6.45) is 0.544. The monoisotopic (exact) mass is 292 g/mol. The molecule has 1 aromatic carbocycles. The largest absolute Gasteiger partial charge is 0.396 e. The summed E-state index contributed by atoms with van der Waals surface area (Å²) in [7, 11) is 0. The average molecular weight is 292 g/mol. The van der Waals surface area contributed by atoms with Crippen molar-refractivity contribution in [1.82, 2.24) is 5.32 Å². The number of rotatable bonds is 6. The Morgan fingerprint density at radius 3 is 2.33 bits per heavy atom. The summed E-state index contributed by atoms with van der Waals surface area (Å²) in [5, 5.41) is 12.2. The van der Waals surface area contributed by atoms with Gasteiger partial charge in [-0.1, -0.05) is 58.0 Å². The fourth-order valence-electron chi connectivity index (χ4n) is 2.28. The van der Waals surface area contributed by atoms with Crippen molar-refractivity contribution in [3.63, 3.8) is 0 Å². The minimum atomic E-state index is -0.332. The Morgan fingerprint density at radius 2 is 1.86 bits per heavy atom. The fourth-order valence-corrected chi connectivity index (χ4v) is 2.28. The third kappa shape index (κ3) is 5.14. The SMILES string of the molecule is CC(C(=O)NC(CCO)C(C)(C)C)C(N)c1ccccc1. The Hall–Kier alpha value is -1.39. The number of carbonyl (C=O) groups is 1. The van der Waals surface area contributed by atoms with E-state index in [-0.39, 0.29) is 35.9 Å². The van der Waals surface area contributed by atoms with Gasteiger partial charge in [0, 0.05) is 18.7 Å². The van der Waals surface area contributed by atoms with Crippen molar-refractivity contribution >= 4 is 5.91 Å². The van der Waals surface area contributed by atoms with Gasteiger partial charge in [-0.25, -0.2) is 0 Å². The summed E-state index contributed by atoms with van der Waals surface area (Å²) in [5.74, 6) is -0.393. The standard InChI is InChI=1S/C17H28N2O2/c1-12(15(18)13-8-6-5-7-9-13)16(21)19-14(10-11-20)17(2,3)4/h5-9,12,14-15,20H,10-11,18H2,1-4H3,(H,19,21). The molecule has 4 nitrogen and oxygen atoms in total. The van der Waals surface area contributed by atoms with E-state index in [1.165, 1.54) is 0 Å².